The Morgan fingerprint density at radius 2 is 1.96 bits per heavy atom. The minimum absolute atomic E-state index is 0.109. The fourth-order valence-electron chi connectivity index (χ4n) is 3.04. The maximum atomic E-state index is 12.7. The van der Waals surface area contributed by atoms with Crippen molar-refractivity contribution in [3.63, 3.8) is 0 Å². The van der Waals surface area contributed by atoms with Gasteiger partial charge in [-0.05, 0) is 60.9 Å². The number of nitrogens with zero attached hydrogens (tertiary/aromatic N) is 1. The van der Waals surface area contributed by atoms with Gasteiger partial charge in [0.25, 0.3) is 0 Å². The maximum absolute atomic E-state index is 12.7. The number of benzene rings is 2. The predicted molar refractivity (Wildman–Crippen MR) is 110 cm³/mol. The molecule has 1 heterocycles. The molecule has 1 unspecified atom stereocenters. The van der Waals surface area contributed by atoms with Crippen molar-refractivity contribution >= 4 is 39.5 Å². The molecule has 0 fully saturated rings. The number of nitrogens with one attached hydrogen (secondary N) is 1. The van der Waals surface area contributed by atoms with Crippen LogP contribution in [0.3, 0.4) is 0 Å². The van der Waals surface area contributed by atoms with Crippen LogP contribution in [0.15, 0.2) is 53.0 Å². The van der Waals surface area contributed by atoms with Gasteiger partial charge in [0.05, 0.1) is 7.11 Å². The van der Waals surface area contributed by atoms with Crippen LogP contribution in [0, 0.1) is 0 Å². The third-order valence-corrected chi connectivity index (χ3v) is 4.97. The van der Waals surface area contributed by atoms with E-state index in [4.69, 9.17) is 4.74 Å². The van der Waals surface area contributed by atoms with E-state index >= 15 is 0 Å². The number of fused-ring (bicyclic) bond motifs is 1. The smallest absolute Gasteiger partial charge is 0.249 e. The van der Waals surface area contributed by atoms with Gasteiger partial charge < -0.3 is 15.0 Å². The average molecular weight is 429 g/mol. The molecule has 0 aliphatic carbocycles. The van der Waals surface area contributed by atoms with Crippen molar-refractivity contribution in [1.82, 2.24) is 5.32 Å². The van der Waals surface area contributed by atoms with Crippen molar-refractivity contribution in [1.29, 1.82) is 0 Å². The van der Waals surface area contributed by atoms with Crippen LogP contribution in [0.5, 0.6) is 5.75 Å². The second kappa shape index (κ2) is 8.39. The van der Waals surface area contributed by atoms with Crippen LogP contribution >= 0.6 is 15.9 Å². The number of methoxy groups -OCH3 is 1. The van der Waals surface area contributed by atoms with Crippen molar-refractivity contribution in [2.24, 2.45) is 0 Å². The first kappa shape index (κ1) is 19.2. The highest BCUT2D eigenvalue weighted by Crippen LogP contribution is 2.30. The molecule has 0 radical (unpaired) electrons. The summed E-state index contributed by atoms with van der Waals surface area (Å²) >= 11 is 3.45. The van der Waals surface area contributed by atoms with E-state index in [9.17, 15) is 9.59 Å². The minimum atomic E-state index is -0.604. The van der Waals surface area contributed by atoms with Crippen LogP contribution in [-0.4, -0.2) is 31.5 Å². The molecule has 2 aromatic carbocycles. The Labute approximate surface area is 167 Å². The van der Waals surface area contributed by atoms with E-state index in [2.05, 4.69) is 21.2 Å². The summed E-state index contributed by atoms with van der Waals surface area (Å²) in [5.41, 5.74) is 2.93. The number of rotatable bonds is 5. The van der Waals surface area contributed by atoms with E-state index in [1.807, 2.05) is 42.5 Å². The van der Waals surface area contributed by atoms with Gasteiger partial charge in [-0.2, -0.15) is 0 Å². The molecule has 0 aromatic heterocycles. The molecule has 6 heteroatoms. The second-order valence-electron chi connectivity index (χ2n) is 6.35. The van der Waals surface area contributed by atoms with Crippen molar-refractivity contribution < 1.29 is 14.3 Å². The van der Waals surface area contributed by atoms with Crippen LogP contribution in [0.1, 0.15) is 18.1 Å². The van der Waals surface area contributed by atoms with Crippen LogP contribution < -0.4 is 15.0 Å². The second-order valence-corrected chi connectivity index (χ2v) is 7.27. The van der Waals surface area contributed by atoms with Gasteiger partial charge in [-0.3, -0.25) is 9.59 Å². The first-order valence-electron chi connectivity index (χ1n) is 8.70. The number of halogens is 1. The van der Waals surface area contributed by atoms with Gasteiger partial charge in [-0.15, -0.1) is 0 Å². The summed E-state index contributed by atoms with van der Waals surface area (Å²) < 4.78 is 6.11. The van der Waals surface area contributed by atoms with E-state index in [1.165, 1.54) is 6.08 Å². The van der Waals surface area contributed by atoms with Crippen LogP contribution in [0.4, 0.5) is 5.69 Å². The third-order valence-electron chi connectivity index (χ3n) is 4.48. The Bertz CT molecular complexity index is 877. The highest BCUT2D eigenvalue weighted by molar-refractivity contribution is 9.10. The quantitative estimate of drug-likeness (QED) is 0.740. The summed E-state index contributed by atoms with van der Waals surface area (Å²) in [5.74, 6) is 0.345. The highest BCUT2D eigenvalue weighted by atomic mass is 79.9. The first-order valence-corrected chi connectivity index (χ1v) is 9.49. The molecular weight excluding hydrogens is 408 g/mol. The van der Waals surface area contributed by atoms with E-state index in [0.717, 1.165) is 33.5 Å². The predicted octanol–water partition coefficient (Wildman–Crippen LogP) is 3.56. The molecule has 1 atom stereocenters. The monoisotopic (exact) mass is 428 g/mol. The highest BCUT2D eigenvalue weighted by Gasteiger charge is 2.28. The molecule has 5 nitrogen and oxygen atoms in total. The molecule has 0 saturated carbocycles. The van der Waals surface area contributed by atoms with Gasteiger partial charge >= 0.3 is 0 Å². The molecule has 0 saturated heterocycles. The molecule has 3 rings (SSSR count). The lowest BCUT2D eigenvalue weighted by atomic mass is 10.2. The van der Waals surface area contributed by atoms with Gasteiger partial charge in [-0.1, -0.05) is 28.1 Å². The average Bonchev–Trinajstić information content (AvgIpc) is 3.09. The topological polar surface area (TPSA) is 58.6 Å². The molecule has 0 bridgehead atoms. The van der Waals surface area contributed by atoms with Crippen LogP contribution in [0.25, 0.3) is 6.08 Å². The number of hydrogen-bond acceptors (Lipinski definition) is 3. The fraction of sp³-hybridized carbons (Fsp3) is 0.238. The molecule has 2 amide bonds. The van der Waals surface area contributed by atoms with Crippen molar-refractivity contribution in [3.05, 3.63) is 64.1 Å². The Morgan fingerprint density at radius 1 is 1.22 bits per heavy atom. The van der Waals surface area contributed by atoms with Crippen molar-refractivity contribution in [2.75, 3.05) is 18.6 Å². The van der Waals surface area contributed by atoms with Gasteiger partial charge in [0.1, 0.15) is 11.8 Å². The largest absolute Gasteiger partial charge is 0.497 e. The lowest BCUT2D eigenvalue weighted by Gasteiger charge is -2.22. The Kier molecular flexibility index (Phi) is 5.96. The van der Waals surface area contributed by atoms with Gasteiger partial charge in [-0.25, -0.2) is 0 Å². The lowest BCUT2D eigenvalue weighted by molar-refractivity contribution is -0.124. The van der Waals surface area contributed by atoms with Gasteiger partial charge in [0.15, 0.2) is 0 Å². The normalized spacial score (nSPS) is 14.1. The zero-order valence-corrected chi connectivity index (χ0v) is 16.8. The zero-order valence-electron chi connectivity index (χ0n) is 15.2. The molecule has 27 heavy (non-hydrogen) atoms. The minimum Gasteiger partial charge on any atom is -0.497 e. The van der Waals surface area contributed by atoms with E-state index in [1.54, 1.807) is 25.0 Å². The molecule has 1 aliphatic heterocycles. The zero-order chi connectivity index (χ0) is 19.4. The molecule has 140 valence electrons. The summed E-state index contributed by atoms with van der Waals surface area (Å²) in [6, 6.07) is 12.6. The molecule has 1 aliphatic rings. The summed E-state index contributed by atoms with van der Waals surface area (Å²) in [6.45, 7) is 2.34. The summed E-state index contributed by atoms with van der Waals surface area (Å²) in [6.07, 6.45) is 3.95. The fourth-order valence-corrected chi connectivity index (χ4v) is 3.45. The molecule has 1 N–H and O–H groups in total. The van der Waals surface area contributed by atoms with Crippen molar-refractivity contribution in [3.8, 4) is 5.75 Å². The Hall–Kier alpha value is -2.60. The Morgan fingerprint density at radius 3 is 2.67 bits per heavy atom. The number of ether oxygens (including phenoxy) is 1. The van der Waals surface area contributed by atoms with Crippen LogP contribution in [-0.2, 0) is 16.0 Å². The molecule has 0 spiro atoms. The summed E-state index contributed by atoms with van der Waals surface area (Å²) in [5, 5.41) is 2.74. The number of carbonyl (C=O) groups excluding carboxylic acids is 2. The van der Waals surface area contributed by atoms with E-state index in [0.29, 0.717) is 6.54 Å². The number of carbonyl (C=O) groups is 2. The van der Waals surface area contributed by atoms with E-state index < -0.39 is 6.04 Å². The summed E-state index contributed by atoms with van der Waals surface area (Å²) in [7, 11) is 1.61. The SMILES string of the molecule is COc1ccc(/C=C/C(=O)NC(C)C(=O)N2CCc3cc(Br)ccc32)cc1. The van der Waals surface area contributed by atoms with E-state index in [-0.39, 0.29) is 11.8 Å². The molecule has 2 aromatic rings. The first-order chi connectivity index (χ1) is 13.0. The summed E-state index contributed by atoms with van der Waals surface area (Å²) in [4.78, 5) is 26.6. The maximum Gasteiger partial charge on any atom is 0.249 e. The van der Waals surface area contributed by atoms with Gasteiger partial charge in [0, 0.05) is 22.8 Å². The standard InChI is InChI=1S/C21H21BrN2O3/c1-14(21(26)24-12-11-16-13-17(22)6-9-19(16)24)23-20(25)10-5-15-3-7-18(27-2)8-4-15/h3-10,13-14H,11-12H2,1-2H3,(H,23,25)/b10-5+. The molecular formula is C21H21BrN2O3. The van der Waals surface area contributed by atoms with Crippen LogP contribution in [0.2, 0.25) is 0 Å². The third kappa shape index (κ3) is 4.57. The lowest BCUT2D eigenvalue weighted by Crippen LogP contribution is -2.46. The number of amides is 2. The number of anilines is 1. The Balaban J connectivity index is 1.60. The number of hydrogen-bond donors (Lipinski definition) is 1. The van der Waals surface area contributed by atoms with Crippen molar-refractivity contribution in [2.45, 2.75) is 19.4 Å². The van der Waals surface area contributed by atoms with Gasteiger partial charge in [0.2, 0.25) is 11.8 Å².